The van der Waals surface area contributed by atoms with Gasteiger partial charge in [-0.25, -0.2) is 0 Å². The minimum atomic E-state index is 0.159. The maximum absolute atomic E-state index is 12.6. The van der Waals surface area contributed by atoms with Crippen molar-refractivity contribution in [2.45, 2.75) is 26.7 Å². The summed E-state index contributed by atoms with van der Waals surface area (Å²) in [6.45, 7) is 6.36. The lowest BCUT2D eigenvalue weighted by molar-refractivity contribution is 0.869. The van der Waals surface area contributed by atoms with Crippen molar-refractivity contribution in [3.63, 3.8) is 0 Å². The zero-order valence-corrected chi connectivity index (χ0v) is 12.2. The Kier molecular flexibility index (Phi) is 2.90. The van der Waals surface area contributed by atoms with Crippen LogP contribution in [0.1, 0.15) is 30.9 Å². The predicted molar refractivity (Wildman–Crippen MR) is 84.4 cm³/mol. The molecule has 2 heteroatoms. The van der Waals surface area contributed by atoms with Crippen LogP contribution in [0.5, 0.6) is 0 Å². The third-order valence-corrected chi connectivity index (χ3v) is 4.65. The number of hydrogen-bond acceptors (Lipinski definition) is 2. The Balaban J connectivity index is 2.44. The number of hydrogen-bond donors (Lipinski definition) is 0. The van der Waals surface area contributed by atoms with Crippen molar-refractivity contribution in [3.05, 3.63) is 57.7 Å². The van der Waals surface area contributed by atoms with E-state index < -0.39 is 0 Å². The van der Waals surface area contributed by atoms with Crippen molar-refractivity contribution in [1.82, 2.24) is 0 Å². The van der Waals surface area contributed by atoms with Crippen molar-refractivity contribution in [2.75, 3.05) is 0 Å². The molecule has 3 rings (SSSR count). The molecule has 0 aliphatic rings. The summed E-state index contributed by atoms with van der Waals surface area (Å²) in [7, 11) is 0. The number of rotatable bonds is 1. The highest BCUT2D eigenvalue weighted by molar-refractivity contribution is 7.24. The van der Waals surface area contributed by atoms with Gasteiger partial charge in [-0.05, 0) is 48.2 Å². The summed E-state index contributed by atoms with van der Waals surface area (Å²) >= 11 is 1.70. The Morgan fingerprint density at radius 2 is 1.74 bits per heavy atom. The topological polar surface area (TPSA) is 17.1 Å². The monoisotopic (exact) mass is 268 g/mol. The van der Waals surface area contributed by atoms with E-state index in [4.69, 9.17) is 0 Å². The summed E-state index contributed by atoms with van der Waals surface area (Å²) in [4.78, 5) is 12.6. The van der Waals surface area contributed by atoms with E-state index >= 15 is 0 Å². The Hall–Kier alpha value is -1.67. The zero-order valence-electron chi connectivity index (χ0n) is 11.4. The summed E-state index contributed by atoms with van der Waals surface area (Å²) in [6.07, 6.45) is 0. The molecular weight excluding hydrogens is 252 g/mol. The fourth-order valence-electron chi connectivity index (χ4n) is 2.34. The van der Waals surface area contributed by atoms with Gasteiger partial charge in [-0.2, -0.15) is 0 Å². The summed E-state index contributed by atoms with van der Waals surface area (Å²) in [6, 6.07) is 12.3. The van der Waals surface area contributed by atoms with Crippen molar-refractivity contribution < 1.29 is 0 Å². The van der Waals surface area contributed by atoms with E-state index in [2.05, 4.69) is 45.0 Å². The molecule has 1 nitrogen and oxygen atoms in total. The van der Waals surface area contributed by atoms with Gasteiger partial charge in [0.2, 0.25) is 0 Å². The Bertz CT molecular complexity index is 828. The lowest BCUT2D eigenvalue weighted by Gasteiger charge is -2.07. The van der Waals surface area contributed by atoms with Gasteiger partial charge in [0.1, 0.15) is 0 Å². The first kappa shape index (κ1) is 12.4. The summed E-state index contributed by atoms with van der Waals surface area (Å²) < 4.78 is 2.15. The molecule has 0 saturated heterocycles. The van der Waals surface area contributed by atoms with Crippen LogP contribution in [0, 0.1) is 6.92 Å². The standard InChI is InChI=1S/C17H16OS/c1-10(2)12-5-7-15-14(9-12)17(18)13-6-4-11(3)8-16(13)19-15/h4-10H,1-3H3. The number of aryl methyl sites for hydroxylation is 1. The van der Waals surface area contributed by atoms with Crippen LogP contribution in [0.4, 0.5) is 0 Å². The summed E-state index contributed by atoms with van der Waals surface area (Å²) in [5, 5.41) is 1.69. The highest BCUT2D eigenvalue weighted by atomic mass is 32.1. The molecule has 0 amide bonds. The molecular formula is C17H16OS. The SMILES string of the molecule is Cc1ccc2c(=O)c3cc(C(C)C)ccc3sc2c1. The van der Waals surface area contributed by atoms with Gasteiger partial charge in [0.25, 0.3) is 0 Å². The molecule has 0 spiro atoms. The summed E-state index contributed by atoms with van der Waals surface area (Å²) in [5.41, 5.74) is 2.58. The Morgan fingerprint density at radius 3 is 2.47 bits per heavy atom. The van der Waals surface area contributed by atoms with Crippen LogP contribution in [0.25, 0.3) is 20.2 Å². The van der Waals surface area contributed by atoms with Gasteiger partial charge < -0.3 is 0 Å². The minimum Gasteiger partial charge on any atom is -0.289 e. The number of fused-ring (bicyclic) bond motifs is 2. The first-order chi connectivity index (χ1) is 9.06. The molecule has 3 aromatic rings. The highest BCUT2D eigenvalue weighted by Gasteiger charge is 2.08. The second-order valence-corrected chi connectivity index (χ2v) is 6.42. The molecule has 0 N–H and O–H groups in total. The van der Waals surface area contributed by atoms with Crippen molar-refractivity contribution in [2.24, 2.45) is 0 Å². The van der Waals surface area contributed by atoms with E-state index in [1.165, 1.54) is 11.1 Å². The van der Waals surface area contributed by atoms with E-state index in [0.29, 0.717) is 5.92 Å². The third kappa shape index (κ3) is 2.06. The van der Waals surface area contributed by atoms with Gasteiger partial charge >= 0.3 is 0 Å². The maximum atomic E-state index is 12.6. The van der Waals surface area contributed by atoms with Gasteiger partial charge in [0.05, 0.1) is 0 Å². The second kappa shape index (κ2) is 4.46. The average molecular weight is 268 g/mol. The van der Waals surface area contributed by atoms with Gasteiger partial charge in [-0.1, -0.05) is 26.0 Å². The van der Waals surface area contributed by atoms with Crippen LogP contribution >= 0.6 is 11.3 Å². The van der Waals surface area contributed by atoms with Crippen LogP contribution < -0.4 is 5.43 Å². The molecule has 1 heterocycles. The first-order valence-corrected chi connectivity index (χ1v) is 7.35. The van der Waals surface area contributed by atoms with E-state index in [1.807, 2.05) is 12.1 Å². The van der Waals surface area contributed by atoms with Gasteiger partial charge in [-0.15, -0.1) is 11.3 Å². The van der Waals surface area contributed by atoms with Gasteiger partial charge in [0.15, 0.2) is 5.43 Å². The third-order valence-electron chi connectivity index (χ3n) is 3.52. The van der Waals surface area contributed by atoms with Crippen LogP contribution in [0.3, 0.4) is 0 Å². The molecule has 0 atom stereocenters. The molecule has 0 fully saturated rings. The van der Waals surface area contributed by atoms with Crippen LogP contribution in [-0.4, -0.2) is 0 Å². The maximum Gasteiger partial charge on any atom is 0.195 e. The lowest BCUT2D eigenvalue weighted by atomic mass is 10.0. The quantitative estimate of drug-likeness (QED) is 0.577. The fraction of sp³-hybridized carbons (Fsp3) is 0.235. The minimum absolute atomic E-state index is 0.159. The lowest BCUT2D eigenvalue weighted by Crippen LogP contribution is -2.02. The molecule has 0 unspecified atom stereocenters. The normalized spacial score (nSPS) is 11.6. The predicted octanol–water partition coefficient (Wildman–Crippen LogP) is 4.85. The molecule has 19 heavy (non-hydrogen) atoms. The van der Waals surface area contributed by atoms with Crippen molar-refractivity contribution in [3.8, 4) is 0 Å². The average Bonchev–Trinajstić information content (AvgIpc) is 2.38. The van der Waals surface area contributed by atoms with E-state index in [1.54, 1.807) is 11.3 Å². The van der Waals surface area contributed by atoms with Gasteiger partial charge in [0, 0.05) is 20.2 Å². The largest absolute Gasteiger partial charge is 0.289 e. The Morgan fingerprint density at radius 1 is 0.947 bits per heavy atom. The Labute approximate surface area is 116 Å². The van der Waals surface area contributed by atoms with E-state index in [0.717, 1.165) is 20.2 Å². The molecule has 0 aliphatic carbocycles. The van der Waals surface area contributed by atoms with Crippen LogP contribution in [-0.2, 0) is 0 Å². The molecule has 0 radical (unpaired) electrons. The molecule has 1 aromatic heterocycles. The first-order valence-electron chi connectivity index (χ1n) is 6.53. The van der Waals surface area contributed by atoms with Crippen molar-refractivity contribution >= 4 is 31.5 Å². The highest BCUT2D eigenvalue weighted by Crippen LogP contribution is 2.27. The van der Waals surface area contributed by atoms with E-state index in [-0.39, 0.29) is 5.43 Å². The van der Waals surface area contributed by atoms with Crippen molar-refractivity contribution in [1.29, 1.82) is 0 Å². The molecule has 2 aromatic carbocycles. The fourth-order valence-corrected chi connectivity index (χ4v) is 3.49. The van der Waals surface area contributed by atoms with Crippen LogP contribution in [0.15, 0.2) is 41.2 Å². The van der Waals surface area contributed by atoms with Crippen LogP contribution in [0.2, 0.25) is 0 Å². The molecule has 0 bridgehead atoms. The molecule has 96 valence electrons. The summed E-state index contributed by atoms with van der Waals surface area (Å²) in [5.74, 6) is 0.447. The smallest absolute Gasteiger partial charge is 0.195 e. The van der Waals surface area contributed by atoms with Gasteiger partial charge in [-0.3, -0.25) is 4.79 Å². The number of benzene rings is 2. The molecule has 0 saturated carbocycles. The van der Waals surface area contributed by atoms with E-state index in [9.17, 15) is 4.79 Å². The zero-order chi connectivity index (χ0) is 13.6. The second-order valence-electron chi connectivity index (χ2n) is 5.34. The molecule has 0 aliphatic heterocycles.